The topological polar surface area (TPSA) is 67.4 Å². The van der Waals surface area contributed by atoms with Crippen molar-refractivity contribution in [3.63, 3.8) is 0 Å². The molecule has 0 N–H and O–H groups in total. The zero-order valence-electron chi connectivity index (χ0n) is 14.4. The highest BCUT2D eigenvalue weighted by atomic mass is 32.2. The van der Waals surface area contributed by atoms with Crippen molar-refractivity contribution in [2.45, 2.75) is 10.9 Å². The van der Waals surface area contributed by atoms with Gasteiger partial charge in [0, 0.05) is 29.4 Å². The summed E-state index contributed by atoms with van der Waals surface area (Å²) in [4.78, 5) is 4.08. The normalized spacial score (nSPS) is 10.5. The minimum absolute atomic E-state index is 0.644. The molecule has 4 rings (SSSR count). The SMILES string of the molecule is N#Cc1ccccc1CSc1nnc(-c2ccncc2)n1-c1ccccc1. The lowest BCUT2D eigenvalue weighted by atomic mass is 10.1. The first kappa shape index (κ1) is 17.0. The summed E-state index contributed by atoms with van der Waals surface area (Å²) in [6.45, 7) is 0. The summed E-state index contributed by atoms with van der Waals surface area (Å²) in [5, 5.41) is 18.9. The third-order valence-electron chi connectivity index (χ3n) is 4.08. The quantitative estimate of drug-likeness (QED) is 0.485. The van der Waals surface area contributed by atoms with E-state index >= 15 is 0 Å². The molecule has 2 heterocycles. The van der Waals surface area contributed by atoms with E-state index < -0.39 is 0 Å². The number of aromatic nitrogens is 4. The molecule has 4 aromatic rings. The summed E-state index contributed by atoms with van der Waals surface area (Å²) in [5.41, 5.74) is 3.61. The summed E-state index contributed by atoms with van der Waals surface area (Å²) in [6, 6.07) is 23.7. The second-order valence-electron chi connectivity index (χ2n) is 5.77. The van der Waals surface area contributed by atoms with E-state index in [1.165, 1.54) is 0 Å². The van der Waals surface area contributed by atoms with Crippen molar-refractivity contribution in [1.29, 1.82) is 5.26 Å². The lowest BCUT2D eigenvalue weighted by Gasteiger charge is -2.10. The lowest BCUT2D eigenvalue weighted by Crippen LogP contribution is -2.00. The smallest absolute Gasteiger partial charge is 0.196 e. The van der Waals surface area contributed by atoms with E-state index in [-0.39, 0.29) is 0 Å². The highest BCUT2D eigenvalue weighted by Crippen LogP contribution is 2.30. The zero-order chi connectivity index (χ0) is 18.5. The number of para-hydroxylation sites is 1. The molecule has 0 aliphatic rings. The minimum atomic E-state index is 0.644. The van der Waals surface area contributed by atoms with Gasteiger partial charge in [-0.2, -0.15) is 5.26 Å². The monoisotopic (exact) mass is 369 g/mol. The summed E-state index contributed by atoms with van der Waals surface area (Å²) in [7, 11) is 0. The van der Waals surface area contributed by atoms with Gasteiger partial charge < -0.3 is 0 Å². The van der Waals surface area contributed by atoms with Gasteiger partial charge in [0.25, 0.3) is 0 Å². The van der Waals surface area contributed by atoms with Crippen LogP contribution >= 0.6 is 11.8 Å². The Bertz CT molecular complexity index is 1080. The Morgan fingerprint density at radius 2 is 1.63 bits per heavy atom. The summed E-state index contributed by atoms with van der Waals surface area (Å²) < 4.78 is 2.04. The minimum Gasteiger partial charge on any atom is -0.270 e. The highest BCUT2D eigenvalue weighted by Gasteiger charge is 2.16. The molecule has 27 heavy (non-hydrogen) atoms. The molecular formula is C21H15N5S. The third kappa shape index (κ3) is 3.59. The van der Waals surface area contributed by atoms with Crippen LogP contribution in [0.4, 0.5) is 0 Å². The predicted molar refractivity (Wildman–Crippen MR) is 105 cm³/mol. The van der Waals surface area contributed by atoms with E-state index in [1.54, 1.807) is 24.2 Å². The first-order valence-electron chi connectivity index (χ1n) is 8.39. The van der Waals surface area contributed by atoms with E-state index in [0.29, 0.717) is 11.3 Å². The van der Waals surface area contributed by atoms with Crippen LogP contribution in [0, 0.1) is 11.3 Å². The number of nitriles is 1. The molecule has 0 unspecified atom stereocenters. The first-order chi connectivity index (χ1) is 13.4. The molecule has 6 heteroatoms. The predicted octanol–water partition coefficient (Wildman–Crippen LogP) is 4.49. The third-order valence-corrected chi connectivity index (χ3v) is 5.06. The molecule has 0 fully saturated rings. The van der Waals surface area contributed by atoms with Gasteiger partial charge in [0.1, 0.15) is 0 Å². The van der Waals surface area contributed by atoms with Gasteiger partial charge in [-0.15, -0.1) is 10.2 Å². The largest absolute Gasteiger partial charge is 0.270 e. The van der Waals surface area contributed by atoms with Crippen molar-refractivity contribution in [2.75, 3.05) is 0 Å². The van der Waals surface area contributed by atoms with E-state index in [9.17, 15) is 5.26 Å². The fraction of sp³-hybridized carbons (Fsp3) is 0.0476. The Kier molecular flexibility index (Phi) is 4.95. The van der Waals surface area contributed by atoms with Crippen LogP contribution in [0.5, 0.6) is 0 Å². The van der Waals surface area contributed by atoms with Crippen molar-refractivity contribution < 1.29 is 0 Å². The molecular weight excluding hydrogens is 354 g/mol. The summed E-state index contributed by atoms with van der Waals surface area (Å²) in [6.07, 6.45) is 3.49. The summed E-state index contributed by atoms with van der Waals surface area (Å²) in [5.74, 6) is 1.41. The molecule has 5 nitrogen and oxygen atoms in total. The van der Waals surface area contributed by atoms with Crippen molar-refractivity contribution in [3.8, 4) is 23.1 Å². The van der Waals surface area contributed by atoms with Gasteiger partial charge in [0.05, 0.1) is 11.6 Å². The van der Waals surface area contributed by atoms with E-state index in [2.05, 4.69) is 21.3 Å². The Hall–Kier alpha value is -3.43. The number of rotatable bonds is 5. The van der Waals surface area contributed by atoms with Crippen LogP contribution < -0.4 is 0 Å². The molecule has 0 bridgehead atoms. The molecule has 130 valence electrons. The van der Waals surface area contributed by atoms with Crippen LogP contribution in [0.25, 0.3) is 17.1 Å². The van der Waals surface area contributed by atoms with Crippen LogP contribution in [0.2, 0.25) is 0 Å². The average molecular weight is 369 g/mol. The molecule has 0 spiro atoms. The molecule has 2 aromatic carbocycles. The fourth-order valence-electron chi connectivity index (χ4n) is 2.76. The molecule has 2 aromatic heterocycles. The molecule has 0 atom stereocenters. The van der Waals surface area contributed by atoms with Crippen molar-refractivity contribution in [1.82, 2.24) is 19.7 Å². The van der Waals surface area contributed by atoms with Crippen LogP contribution in [0.1, 0.15) is 11.1 Å². The second-order valence-corrected chi connectivity index (χ2v) is 6.71. The number of pyridine rings is 1. The van der Waals surface area contributed by atoms with Crippen LogP contribution in [-0.4, -0.2) is 19.7 Å². The molecule has 0 aliphatic carbocycles. The van der Waals surface area contributed by atoms with Crippen molar-refractivity contribution >= 4 is 11.8 Å². The van der Waals surface area contributed by atoms with Gasteiger partial charge in [-0.05, 0) is 35.9 Å². The van der Waals surface area contributed by atoms with Gasteiger partial charge in [-0.1, -0.05) is 48.2 Å². The number of hydrogen-bond acceptors (Lipinski definition) is 5. The molecule has 0 saturated heterocycles. The van der Waals surface area contributed by atoms with E-state index in [0.717, 1.165) is 27.8 Å². The molecule has 0 amide bonds. The Morgan fingerprint density at radius 1 is 0.889 bits per heavy atom. The van der Waals surface area contributed by atoms with E-state index in [4.69, 9.17) is 0 Å². The Morgan fingerprint density at radius 3 is 2.41 bits per heavy atom. The van der Waals surface area contributed by atoms with Crippen LogP contribution in [0.15, 0.2) is 84.3 Å². The van der Waals surface area contributed by atoms with Gasteiger partial charge in [-0.3, -0.25) is 9.55 Å². The fourth-order valence-corrected chi connectivity index (χ4v) is 3.71. The zero-order valence-corrected chi connectivity index (χ0v) is 15.2. The average Bonchev–Trinajstić information content (AvgIpc) is 3.17. The maximum atomic E-state index is 9.30. The molecule has 0 radical (unpaired) electrons. The summed E-state index contributed by atoms with van der Waals surface area (Å²) >= 11 is 1.56. The van der Waals surface area contributed by atoms with Gasteiger partial charge in [-0.25, -0.2) is 0 Å². The lowest BCUT2D eigenvalue weighted by molar-refractivity contribution is 0.886. The van der Waals surface area contributed by atoms with Crippen LogP contribution in [0.3, 0.4) is 0 Å². The highest BCUT2D eigenvalue weighted by molar-refractivity contribution is 7.98. The number of hydrogen-bond donors (Lipinski definition) is 0. The maximum absolute atomic E-state index is 9.30. The molecule has 0 aliphatic heterocycles. The second kappa shape index (κ2) is 7.85. The Balaban J connectivity index is 1.73. The van der Waals surface area contributed by atoms with Gasteiger partial charge in [0.15, 0.2) is 11.0 Å². The van der Waals surface area contributed by atoms with Gasteiger partial charge in [0.2, 0.25) is 0 Å². The number of thioether (sulfide) groups is 1. The van der Waals surface area contributed by atoms with Gasteiger partial charge >= 0.3 is 0 Å². The Labute approximate surface area is 161 Å². The van der Waals surface area contributed by atoms with Crippen LogP contribution in [-0.2, 0) is 5.75 Å². The van der Waals surface area contributed by atoms with Crippen molar-refractivity contribution in [3.05, 3.63) is 90.3 Å². The number of nitrogens with zero attached hydrogens (tertiary/aromatic N) is 5. The number of benzene rings is 2. The van der Waals surface area contributed by atoms with E-state index in [1.807, 2.05) is 71.3 Å². The first-order valence-corrected chi connectivity index (χ1v) is 9.37. The molecule has 0 saturated carbocycles. The van der Waals surface area contributed by atoms with Crippen molar-refractivity contribution in [2.24, 2.45) is 0 Å². The maximum Gasteiger partial charge on any atom is 0.196 e. The standard InChI is InChI=1S/C21H15N5S/c22-14-17-6-4-5-7-18(17)15-27-21-25-24-20(16-10-12-23-13-11-16)26(21)19-8-2-1-3-9-19/h1-13H,15H2.